The smallest absolute Gasteiger partial charge is 0.414 e. The molecule has 0 aromatic heterocycles. The van der Waals surface area contributed by atoms with Gasteiger partial charge < -0.3 is 20.3 Å². The first-order chi connectivity index (χ1) is 12.1. The van der Waals surface area contributed by atoms with E-state index in [4.69, 9.17) is 24.5 Å². The Hall–Kier alpha value is -2.08. The van der Waals surface area contributed by atoms with E-state index in [-0.39, 0.29) is 5.41 Å². The molecule has 6 nitrogen and oxygen atoms in total. The number of hydrogen-bond acceptors (Lipinski definition) is 4. The molecule has 1 aliphatic rings. The first kappa shape index (κ1) is 22.0. The molecule has 1 saturated carbocycles. The molecular weight excluding hydrogens is 334 g/mol. The van der Waals surface area contributed by atoms with Crippen LogP contribution in [0.1, 0.15) is 57.6 Å². The van der Waals surface area contributed by atoms with Crippen molar-refractivity contribution in [1.29, 1.82) is 0 Å². The minimum absolute atomic E-state index is 0.125. The Morgan fingerprint density at radius 2 is 1.73 bits per heavy atom. The van der Waals surface area contributed by atoms with Gasteiger partial charge in [-0.25, -0.2) is 9.59 Å². The second kappa shape index (κ2) is 10.2. The maximum Gasteiger partial charge on any atom is 0.414 e. The Bertz CT molecular complexity index is 589. The standard InChI is InChI=1S/C18H29NO.C2H2O4/c1-14-8-7-11-16(18(2,3)4)17(14)20-13-12-19-15-9-5-6-10-15;3-1(4)2(5)6/h7-8,11,15,19H,5-6,9-10,12-13H2,1-4H3;(H,3,4)(H,5,6). The molecule has 0 heterocycles. The summed E-state index contributed by atoms with van der Waals surface area (Å²) in [7, 11) is 0. The minimum atomic E-state index is -1.82. The highest BCUT2D eigenvalue weighted by Crippen LogP contribution is 2.33. The summed E-state index contributed by atoms with van der Waals surface area (Å²) < 4.78 is 6.09. The molecule has 2 rings (SSSR count). The third kappa shape index (κ3) is 7.44. The van der Waals surface area contributed by atoms with Gasteiger partial charge in [-0.3, -0.25) is 0 Å². The number of carboxylic acids is 2. The van der Waals surface area contributed by atoms with Crippen molar-refractivity contribution in [2.75, 3.05) is 13.2 Å². The maximum atomic E-state index is 9.10. The fourth-order valence-corrected chi connectivity index (χ4v) is 2.98. The zero-order chi connectivity index (χ0) is 19.7. The van der Waals surface area contributed by atoms with Crippen LogP contribution >= 0.6 is 0 Å². The first-order valence-electron chi connectivity index (χ1n) is 9.05. The van der Waals surface area contributed by atoms with Crippen LogP contribution in [0.25, 0.3) is 0 Å². The zero-order valence-electron chi connectivity index (χ0n) is 16.2. The summed E-state index contributed by atoms with van der Waals surface area (Å²) in [5, 5.41) is 18.4. The number of rotatable bonds is 5. The van der Waals surface area contributed by atoms with Crippen LogP contribution < -0.4 is 10.1 Å². The van der Waals surface area contributed by atoms with Crippen LogP contribution in [0.15, 0.2) is 18.2 Å². The van der Waals surface area contributed by atoms with Crippen molar-refractivity contribution < 1.29 is 24.5 Å². The predicted octanol–water partition coefficient (Wildman–Crippen LogP) is 3.36. The Morgan fingerprint density at radius 3 is 2.23 bits per heavy atom. The van der Waals surface area contributed by atoms with Gasteiger partial charge in [-0.2, -0.15) is 0 Å². The normalized spacial score (nSPS) is 14.5. The molecule has 0 atom stereocenters. The summed E-state index contributed by atoms with van der Waals surface area (Å²) in [5.41, 5.74) is 2.66. The Labute approximate surface area is 155 Å². The molecule has 1 aromatic carbocycles. The Kier molecular flexibility index (Phi) is 8.58. The molecule has 0 bridgehead atoms. The average Bonchev–Trinajstić information content (AvgIpc) is 3.05. The van der Waals surface area contributed by atoms with Crippen LogP contribution in [0, 0.1) is 6.92 Å². The van der Waals surface area contributed by atoms with E-state index < -0.39 is 11.9 Å². The average molecular weight is 365 g/mol. The van der Waals surface area contributed by atoms with Crippen molar-refractivity contribution >= 4 is 11.9 Å². The van der Waals surface area contributed by atoms with Crippen LogP contribution in [-0.4, -0.2) is 41.3 Å². The molecule has 0 amide bonds. The van der Waals surface area contributed by atoms with Crippen molar-refractivity contribution in [3.63, 3.8) is 0 Å². The molecule has 26 heavy (non-hydrogen) atoms. The van der Waals surface area contributed by atoms with Crippen LogP contribution in [0.4, 0.5) is 0 Å². The van der Waals surface area contributed by atoms with Gasteiger partial charge in [-0.05, 0) is 36.3 Å². The van der Waals surface area contributed by atoms with Gasteiger partial charge in [0.1, 0.15) is 12.4 Å². The number of para-hydroxylation sites is 1. The lowest BCUT2D eigenvalue weighted by molar-refractivity contribution is -0.159. The highest BCUT2D eigenvalue weighted by molar-refractivity contribution is 6.27. The summed E-state index contributed by atoms with van der Waals surface area (Å²) in [6.45, 7) is 10.6. The molecule has 0 radical (unpaired) electrons. The van der Waals surface area contributed by atoms with Crippen LogP contribution in [-0.2, 0) is 15.0 Å². The fourth-order valence-electron chi connectivity index (χ4n) is 2.98. The van der Waals surface area contributed by atoms with Gasteiger partial charge in [0, 0.05) is 12.6 Å². The van der Waals surface area contributed by atoms with E-state index in [9.17, 15) is 0 Å². The number of hydrogen-bond donors (Lipinski definition) is 3. The van der Waals surface area contributed by atoms with Crippen LogP contribution in [0.2, 0.25) is 0 Å². The third-order valence-electron chi connectivity index (χ3n) is 4.34. The van der Waals surface area contributed by atoms with Crippen LogP contribution in [0.5, 0.6) is 5.75 Å². The van der Waals surface area contributed by atoms with Crippen molar-refractivity contribution in [1.82, 2.24) is 5.32 Å². The molecule has 0 saturated heterocycles. The van der Waals surface area contributed by atoms with Crippen molar-refractivity contribution in [2.45, 2.75) is 64.8 Å². The van der Waals surface area contributed by atoms with E-state index in [1.165, 1.54) is 36.8 Å². The molecule has 0 aliphatic heterocycles. The molecule has 146 valence electrons. The minimum Gasteiger partial charge on any atom is -0.492 e. The molecular formula is C20H31NO5. The topological polar surface area (TPSA) is 95.9 Å². The molecule has 1 fully saturated rings. The number of benzene rings is 1. The van der Waals surface area contributed by atoms with E-state index in [2.05, 4.69) is 51.2 Å². The lowest BCUT2D eigenvalue weighted by atomic mass is 9.85. The third-order valence-corrected chi connectivity index (χ3v) is 4.34. The number of aliphatic carboxylic acids is 2. The molecule has 0 spiro atoms. The monoisotopic (exact) mass is 365 g/mol. The summed E-state index contributed by atoms with van der Waals surface area (Å²) in [6, 6.07) is 7.17. The number of ether oxygens (including phenoxy) is 1. The van der Waals surface area contributed by atoms with Gasteiger partial charge >= 0.3 is 11.9 Å². The van der Waals surface area contributed by atoms with Crippen molar-refractivity contribution in [3.8, 4) is 5.75 Å². The summed E-state index contributed by atoms with van der Waals surface area (Å²) >= 11 is 0. The Balaban J connectivity index is 0.000000487. The van der Waals surface area contributed by atoms with E-state index in [1.807, 2.05) is 0 Å². The Morgan fingerprint density at radius 1 is 1.15 bits per heavy atom. The lowest BCUT2D eigenvalue weighted by Gasteiger charge is -2.24. The van der Waals surface area contributed by atoms with E-state index in [0.29, 0.717) is 0 Å². The lowest BCUT2D eigenvalue weighted by Crippen LogP contribution is -2.30. The van der Waals surface area contributed by atoms with Crippen LogP contribution in [0.3, 0.4) is 0 Å². The molecule has 6 heteroatoms. The largest absolute Gasteiger partial charge is 0.492 e. The van der Waals surface area contributed by atoms with Crippen molar-refractivity contribution in [2.24, 2.45) is 0 Å². The second-order valence-corrected chi connectivity index (χ2v) is 7.60. The number of carbonyl (C=O) groups is 2. The first-order valence-corrected chi connectivity index (χ1v) is 9.05. The second-order valence-electron chi connectivity index (χ2n) is 7.60. The van der Waals surface area contributed by atoms with Gasteiger partial charge in [-0.1, -0.05) is 51.8 Å². The van der Waals surface area contributed by atoms with Gasteiger partial charge in [0.05, 0.1) is 0 Å². The summed E-state index contributed by atoms with van der Waals surface area (Å²) in [4.78, 5) is 18.2. The zero-order valence-corrected chi connectivity index (χ0v) is 16.2. The summed E-state index contributed by atoms with van der Waals surface area (Å²) in [5.74, 6) is -2.57. The van der Waals surface area contributed by atoms with Gasteiger partial charge in [-0.15, -0.1) is 0 Å². The van der Waals surface area contributed by atoms with E-state index in [0.717, 1.165) is 24.9 Å². The summed E-state index contributed by atoms with van der Waals surface area (Å²) in [6.07, 6.45) is 5.42. The molecule has 3 N–H and O–H groups in total. The molecule has 0 unspecified atom stereocenters. The highest BCUT2D eigenvalue weighted by atomic mass is 16.5. The van der Waals surface area contributed by atoms with E-state index >= 15 is 0 Å². The predicted molar refractivity (Wildman–Crippen MR) is 101 cm³/mol. The maximum absolute atomic E-state index is 9.10. The van der Waals surface area contributed by atoms with Crippen molar-refractivity contribution in [3.05, 3.63) is 29.3 Å². The number of nitrogens with one attached hydrogen (secondary N) is 1. The number of carboxylic acid groups (broad SMARTS) is 2. The molecule has 1 aromatic rings. The quantitative estimate of drug-likeness (QED) is 0.547. The van der Waals surface area contributed by atoms with Gasteiger partial charge in [0.15, 0.2) is 0 Å². The SMILES string of the molecule is Cc1cccc(C(C)(C)C)c1OCCNC1CCCC1.O=C(O)C(=O)O. The van der Waals surface area contributed by atoms with E-state index in [1.54, 1.807) is 0 Å². The fraction of sp³-hybridized carbons (Fsp3) is 0.600. The molecule has 1 aliphatic carbocycles. The van der Waals surface area contributed by atoms with Gasteiger partial charge in [0.2, 0.25) is 0 Å². The highest BCUT2D eigenvalue weighted by Gasteiger charge is 2.20. The van der Waals surface area contributed by atoms with Gasteiger partial charge in [0.25, 0.3) is 0 Å². The number of aryl methyl sites for hydroxylation is 1.